The lowest BCUT2D eigenvalue weighted by Crippen LogP contribution is -2.19. The maximum absolute atomic E-state index is 13.0. The van der Waals surface area contributed by atoms with E-state index in [0.717, 1.165) is 0 Å². The molecule has 0 spiro atoms. The molecule has 1 aromatic rings. The van der Waals surface area contributed by atoms with Crippen LogP contribution < -0.4 is 0 Å². The highest BCUT2D eigenvalue weighted by Gasteiger charge is 2.23. The van der Waals surface area contributed by atoms with Crippen molar-refractivity contribution in [3.05, 3.63) is 68.7 Å². The maximum atomic E-state index is 13.0. The molecule has 1 aliphatic rings. The second-order valence-corrected chi connectivity index (χ2v) is 4.50. The van der Waals surface area contributed by atoms with Crippen LogP contribution in [0.2, 0.25) is 0 Å². The number of ether oxygens (including phenoxy) is 1. The van der Waals surface area contributed by atoms with Gasteiger partial charge in [-0.15, -0.1) is 0 Å². The topological polar surface area (TPSA) is 52.4 Å². The van der Waals surface area contributed by atoms with Crippen molar-refractivity contribution in [2.75, 3.05) is 0 Å². The van der Waals surface area contributed by atoms with Gasteiger partial charge >= 0.3 is 0 Å². The predicted molar refractivity (Wildman–Crippen MR) is 68.6 cm³/mol. The molecule has 0 saturated carbocycles. The number of hydrogen-bond donors (Lipinski definition) is 0. The summed E-state index contributed by atoms with van der Waals surface area (Å²) in [4.78, 5) is 10.2. The second kappa shape index (κ2) is 5.84. The summed E-state index contributed by atoms with van der Waals surface area (Å²) in [6, 6.07) is 5.21. The molecule has 0 saturated heterocycles. The van der Waals surface area contributed by atoms with E-state index >= 15 is 0 Å². The Morgan fingerprint density at radius 2 is 2.32 bits per heavy atom. The molecule has 100 valence electrons. The first-order valence-electron chi connectivity index (χ1n) is 5.65. The van der Waals surface area contributed by atoms with Crippen molar-refractivity contribution in [2.24, 2.45) is 0 Å². The van der Waals surface area contributed by atoms with Gasteiger partial charge in [0.05, 0.1) is 5.03 Å². The van der Waals surface area contributed by atoms with Crippen molar-refractivity contribution in [3.8, 4) is 0 Å². The number of rotatable bonds is 4. The van der Waals surface area contributed by atoms with Crippen LogP contribution in [0.3, 0.4) is 0 Å². The Morgan fingerprint density at radius 3 is 2.95 bits per heavy atom. The molecular weight excluding hydrogens is 273 g/mol. The van der Waals surface area contributed by atoms with Crippen LogP contribution in [-0.4, -0.2) is 11.0 Å². The average Bonchev–Trinajstić information content (AvgIpc) is 2.37. The van der Waals surface area contributed by atoms with E-state index in [-0.39, 0.29) is 23.9 Å². The van der Waals surface area contributed by atoms with Crippen LogP contribution in [0.1, 0.15) is 12.0 Å². The van der Waals surface area contributed by atoms with Gasteiger partial charge in [0.2, 0.25) is 6.04 Å². The molecule has 0 heterocycles. The predicted octanol–water partition coefficient (Wildman–Crippen LogP) is 3.40. The van der Waals surface area contributed by atoms with Crippen LogP contribution in [0.4, 0.5) is 4.39 Å². The molecule has 1 atom stereocenters. The van der Waals surface area contributed by atoms with Crippen LogP contribution in [0, 0.1) is 15.9 Å². The van der Waals surface area contributed by atoms with Gasteiger partial charge in [-0.25, -0.2) is 4.39 Å². The summed E-state index contributed by atoms with van der Waals surface area (Å²) in [6.07, 6.45) is 3.17. The third-order valence-electron chi connectivity index (χ3n) is 2.67. The van der Waals surface area contributed by atoms with Crippen molar-refractivity contribution >= 4 is 11.6 Å². The molecule has 0 radical (unpaired) electrons. The highest BCUT2D eigenvalue weighted by atomic mass is 35.5. The Hall–Kier alpha value is -1.88. The standard InChI is InChI=1S/C13H11ClFNO3/c14-12-7-11(16(17)18)4-5-13(12)19-8-9-2-1-3-10(15)6-9/h1-3,5-7,11H,4,8H2. The van der Waals surface area contributed by atoms with Crippen LogP contribution in [0.25, 0.3) is 0 Å². The minimum atomic E-state index is -0.811. The fourth-order valence-electron chi connectivity index (χ4n) is 1.71. The van der Waals surface area contributed by atoms with E-state index in [1.165, 1.54) is 18.2 Å². The first kappa shape index (κ1) is 13.5. The summed E-state index contributed by atoms with van der Waals surface area (Å²) in [5.74, 6) is 0.0535. The molecule has 0 aliphatic heterocycles. The Bertz CT molecular complexity index is 557. The molecule has 0 bridgehead atoms. The molecule has 1 aromatic carbocycles. The number of halogens is 2. The van der Waals surface area contributed by atoms with E-state index in [9.17, 15) is 14.5 Å². The Kier molecular flexibility index (Phi) is 4.16. The largest absolute Gasteiger partial charge is 0.488 e. The first-order valence-corrected chi connectivity index (χ1v) is 6.02. The van der Waals surface area contributed by atoms with Gasteiger partial charge in [0.1, 0.15) is 18.2 Å². The number of nitrogens with zero attached hydrogens (tertiary/aromatic N) is 1. The minimum absolute atomic E-state index is 0.163. The van der Waals surface area contributed by atoms with E-state index in [2.05, 4.69) is 0 Å². The molecule has 1 aliphatic carbocycles. The molecular formula is C13H11ClFNO3. The quantitative estimate of drug-likeness (QED) is 0.628. The fourth-order valence-corrected chi connectivity index (χ4v) is 1.98. The van der Waals surface area contributed by atoms with E-state index in [0.29, 0.717) is 11.3 Å². The number of hydrogen-bond acceptors (Lipinski definition) is 3. The average molecular weight is 284 g/mol. The molecule has 2 rings (SSSR count). The molecule has 1 unspecified atom stereocenters. The molecule has 0 fully saturated rings. The molecule has 0 aromatic heterocycles. The van der Waals surface area contributed by atoms with Gasteiger partial charge in [0, 0.05) is 17.4 Å². The van der Waals surface area contributed by atoms with Gasteiger partial charge in [0.15, 0.2) is 0 Å². The zero-order valence-electron chi connectivity index (χ0n) is 9.88. The number of nitro groups is 1. The van der Waals surface area contributed by atoms with Gasteiger partial charge in [0.25, 0.3) is 0 Å². The molecule has 19 heavy (non-hydrogen) atoms. The van der Waals surface area contributed by atoms with E-state index in [4.69, 9.17) is 16.3 Å². The minimum Gasteiger partial charge on any atom is -0.488 e. The molecule has 0 N–H and O–H groups in total. The van der Waals surface area contributed by atoms with Crippen LogP contribution >= 0.6 is 11.6 Å². The van der Waals surface area contributed by atoms with Crippen molar-refractivity contribution in [1.29, 1.82) is 0 Å². The summed E-state index contributed by atoms with van der Waals surface area (Å²) >= 11 is 5.91. The van der Waals surface area contributed by atoms with E-state index in [1.807, 2.05) is 0 Å². The third kappa shape index (κ3) is 3.54. The Balaban J connectivity index is 1.98. The van der Waals surface area contributed by atoms with Crippen LogP contribution in [0.15, 0.2) is 47.2 Å². The number of allylic oxidation sites excluding steroid dienone is 1. The summed E-state index contributed by atoms with van der Waals surface area (Å²) in [7, 11) is 0. The van der Waals surface area contributed by atoms with Gasteiger partial charge < -0.3 is 4.74 Å². The van der Waals surface area contributed by atoms with E-state index in [1.54, 1.807) is 18.2 Å². The summed E-state index contributed by atoms with van der Waals surface area (Å²) < 4.78 is 18.4. The van der Waals surface area contributed by atoms with E-state index < -0.39 is 11.0 Å². The molecule has 0 amide bonds. The summed E-state index contributed by atoms with van der Waals surface area (Å²) in [5, 5.41) is 10.8. The summed E-state index contributed by atoms with van der Waals surface area (Å²) in [5.41, 5.74) is 0.668. The van der Waals surface area contributed by atoms with Crippen molar-refractivity contribution < 1.29 is 14.1 Å². The van der Waals surface area contributed by atoms with Gasteiger partial charge in [-0.1, -0.05) is 23.7 Å². The lowest BCUT2D eigenvalue weighted by Gasteiger charge is -2.15. The Labute approximate surface area is 114 Å². The summed E-state index contributed by atoms with van der Waals surface area (Å²) in [6.45, 7) is 0.163. The highest BCUT2D eigenvalue weighted by molar-refractivity contribution is 6.31. The van der Waals surface area contributed by atoms with Crippen molar-refractivity contribution in [1.82, 2.24) is 0 Å². The maximum Gasteiger partial charge on any atom is 0.236 e. The fraction of sp³-hybridized carbons (Fsp3) is 0.231. The van der Waals surface area contributed by atoms with Crippen molar-refractivity contribution in [3.63, 3.8) is 0 Å². The smallest absolute Gasteiger partial charge is 0.236 e. The second-order valence-electron chi connectivity index (χ2n) is 4.09. The van der Waals surface area contributed by atoms with Crippen LogP contribution in [0.5, 0.6) is 0 Å². The highest BCUT2D eigenvalue weighted by Crippen LogP contribution is 2.25. The normalized spacial score (nSPS) is 18.5. The van der Waals surface area contributed by atoms with Gasteiger partial charge in [-0.2, -0.15) is 0 Å². The zero-order chi connectivity index (χ0) is 13.8. The van der Waals surface area contributed by atoms with Gasteiger partial charge in [-0.3, -0.25) is 10.1 Å². The zero-order valence-corrected chi connectivity index (χ0v) is 10.6. The lowest BCUT2D eigenvalue weighted by molar-refractivity contribution is -0.508. The number of benzene rings is 1. The van der Waals surface area contributed by atoms with Crippen molar-refractivity contribution in [2.45, 2.75) is 19.1 Å². The van der Waals surface area contributed by atoms with Gasteiger partial charge in [-0.05, 0) is 23.8 Å². The molecule has 6 heteroatoms. The first-order chi connectivity index (χ1) is 9.06. The SMILES string of the molecule is O=[N+]([O-])C1C=C(Cl)C(OCc2cccc(F)c2)=CC1. The molecule has 4 nitrogen and oxygen atoms in total. The monoisotopic (exact) mass is 283 g/mol. The van der Waals surface area contributed by atoms with Crippen LogP contribution in [-0.2, 0) is 11.3 Å². The lowest BCUT2D eigenvalue weighted by atomic mass is 10.1. The third-order valence-corrected chi connectivity index (χ3v) is 2.99. The Morgan fingerprint density at radius 1 is 1.53 bits per heavy atom.